The van der Waals surface area contributed by atoms with Crippen LogP contribution in [0, 0.1) is 0 Å². The molecule has 3 amide bonds. The average Bonchev–Trinajstić information content (AvgIpc) is 3.09. The maximum absolute atomic E-state index is 12.7. The fourth-order valence-corrected chi connectivity index (χ4v) is 4.03. The first kappa shape index (κ1) is 24.4. The lowest BCUT2D eigenvalue weighted by Gasteiger charge is -2.16. The molecule has 4 rings (SSSR count). The van der Waals surface area contributed by atoms with E-state index in [-0.39, 0.29) is 16.7 Å². The third-order valence-electron chi connectivity index (χ3n) is 5.42. The Hall–Kier alpha value is -3.75. The Balaban J connectivity index is 1.34. The molecule has 9 heteroatoms. The van der Waals surface area contributed by atoms with Crippen molar-refractivity contribution in [2.24, 2.45) is 0 Å². The molecule has 1 aliphatic rings. The number of ether oxygens (including phenoxy) is 1. The molecule has 0 saturated carbocycles. The molecule has 0 spiro atoms. The Morgan fingerprint density at radius 3 is 2.20 bits per heavy atom. The Bertz CT molecular complexity index is 1290. The lowest BCUT2D eigenvalue weighted by Crippen LogP contribution is -2.37. The van der Waals surface area contributed by atoms with E-state index < -0.39 is 17.7 Å². The fourth-order valence-electron chi connectivity index (χ4n) is 3.58. The number of amides is 3. The van der Waals surface area contributed by atoms with Gasteiger partial charge in [-0.25, -0.2) is 4.90 Å². The number of hydrogen-bond donors (Lipinski definition) is 2. The van der Waals surface area contributed by atoms with Crippen molar-refractivity contribution >= 4 is 58.0 Å². The van der Waals surface area contributed by atoms with E-state index >= 15 is 0 Å². The predicted octanol–water partition coefficient (Wildman–Crippen LogP) is 5.16. The zero-order chi connectivity index (χ0) is 25.1. The number of imide groups is 1. The van der Waals surface area contributed by atoms with Crippen molar-refractivity contribution in [1.82, 2.24) is 5.32 Å². The van der Waals surface area contributed by atoms with Gasteiger partial charge in [0.05, 0.1) is 27.5 Å². The van der Waals surface area contributed by atoms with Crippen LogP contribution in [-0.2, 0) is 4.79 Å². The second-order valence-corrected chi connectivity index (χ2v) is 8.99. The maximum Gasteiger partial charge on any atom is 0.266 e. The summed E-state index contributed by atoms with van der Waals surface area (Å²) in [5, 5.41) is 5.62. The fraction of sp³-hybridized carbons (Fsp3) is 0.154. The second-order valence-electron chi connectivity index (χ2n) is 8.17. The first-order valence-corrected chi connectivity index (χ1v) is 11.6. The Kier molecular flexibility index (Phi) is 7.14. The summed E-state index contributed by atoms with van der Waals surface area (Å²) in [6, 6.07) is 18.8. The predicted molar refractivity (Wildman–Crippen MR) is 139 cm³/mol. The van der Waals surface area contributed by atoms with Gasteiger partial charge in [-0.2, -0.15) is 0 Å². The lowest BCUT2D eigenvalue weighted by molar-refractivity contribution is -0.121. The van der Waals surface area contributed by atoms with Gasteiger partial charge in [-0.1, -0.05) is 49.7 Å². The van der Waals surface area contributed by atoms with Gasteiger partial charge < -0.3 is 10.1 Å². The van der Waals surface area contributed by atoms with E-state index in [1.165, 1.54) is 11.6 Å². The minimum absolute atomic E-state index is 0.0316. The van der Waals surface area contributed by atoms with Crippen molar-refractivity contribution in [2.75, 3.05) is 16.8 Å². The smallest absolute Gasteiger partial charge is 0.266 e. The van der Waals surface area contributed by atoms with Crippen molar-refractivity contribution in [3.63, 3.8) is 0 Å². The number of rotatable bonds is 6. The first-order chi connectivity index (χ1) is 16.7. The van der Waals surface area contributed by atoms with Crippen LogP contribution in [0.4, 0.5) is 11.4 Å². The molecule has 2 N–H and O–H groups in total. The van der Waals surface area contributed by atoms with Crippen LogP contribution in [0.25, 0.3) is 0 Å². The first-order valence-electron chi connectivity index (χ1n) is 10.9. The molecule has 3 aromatic rings. The number of hydrogen-bond acceptors (Lipinski definition) is 5. The van der Waals surface area contributed by atoms with Gasteiger partial charge >= 0.3 is 0 Å². The molecular formula is C26H22ClN3O4S. The van der Waals surface area contributed by atoms with Gasteiger partial charge in [-0.3, -0.25) is 19.7 Å². The molecular weight excluding hydrogens is 486 g/mol. The van der Waals surface area contributed by atoms with Crippen molar-refractivity contribution in [2.45, 2.75) is 19.8 Å². The standard InChI is InChI=1S/C26H22ClN3O4S/c1-15(2)16-7-10-18(11-8-16)34-14-23(31)29-26(35)28-22-12-9-17(13-21(22)27)30-24(32)19-5-3-4-6-20(19)25(30)33/h3-13,15H,14H2,1-2H3,(H2,28,29,31,35). The highest BCUT2D eigenvalue weighted by molar-refractivity contribution is 7.80. The zero-order valence-corrected chi connectivity index (χ0v) is 20.6. The number of fused-ring (bicyclic) bond motifs is 1. The van der Waals surface area contributed by atoms with Crippen LogP contribution in [0.2, 0.25) is 5.02 Å². The molecule has 0 radical (unpaired) electrons. The highest BCUT2D eigenvalue weighted by Crippen LogP contribution is 2.32. The third-order valence-corrected chi connectivity index (χ3v) is 5.94. The Labute approximate surface area is 213 Å². The van der Waals surface area contributed by atoms with Gasteiger partial charge in [-0.15, -0.1) is 0 Å². The number of thiocarbonyl (C=S) groups is 1. The largest absolute Gasteiger partial charge is 0.484 e. The van der Waals surface area contributed by atoms with Crippen LogP contribution in [-0.4, -0.2) is 29.4 Å². The minimum Gasteiger partial charge on any atom is -0.484 e. The van der Waals surface area contributed by atoms with Gasteiger partial charge in [0, 0.05) is 0 Å². The number of benzene rings is 3. The highest BCUT2D eigenvalue weighted by atomic mass is 35.5. The van der Waals surface area contributed by atoms with Crippen LogP contribution < -0.4 is 20.3 Å². The molecule has 178 valence electrons. The lowest BCUT2D eigenvalue weighted by atomic mass is 10.0. The molecule has 1 heterocycles. The van der Waals surface area contributed by atoms with E-state index in [1.54, 1.807) is 36.4 Å². The van der Waals surface area contributed by atoms with Crippen molar-refractivity contribution in [3.8, 4) is 5.75 Å². The van der Waals surface area contributed by atoms with Gasteiger partial charge in [0.25, 0.3) is 17.7 Å². The van der Waals surface area contributed by atoms with Crippen LogP contribution in [0.5, 0.6) is 5.75 Å². The number of halogens is 1. The van der Waals surface area contributed by atoms with Crippen LogP contribution in [0.1, 0.15) is 46.0 Å². The monoisotopic (exact) mass is 507 g/mol. The van der Waals surface area contributed by atoms with Crippen LogP contribution >= 0.6 is 23.8 Å². The molecule has 3 aromatic carbocycles. The normalized spacial score (nSPS) is 12.5. The summed E-state index contributed by atoms with van der Waals surface area (Å²) in [6.07, 6.45) is 0. The Morgan fingerprint density at radius 1 is 1.00 bits per heavy atom. The molecule has 0 unspecified atom stereocenters. The van der Waals surface area contributed by atoms with Gasteiger partial charge in [0.2, 0.25) is 0 Å². The number of carbonyl (C=O) groups is 3. The number of nitrogens with zero attached hydrogens (tertiary/aromatic N) is 1. The van der Waals surface area contributed by atoms with Gasteiger partial charge in [0.1, 0.15) is 5.75 Å². The summed E-state index contributed by atoms with van der Waals surface area (Å²) < 4.78 is 5.50. The summed E-state index contributed by atoms with van der Waals surface area (Å²) in [7, 11) is 0. The van der Waals surface area contributed by atoms with E-state index in [2.05, 4.69) is 24.5 Å². The number of carbonyl (C=O) groups excluding carboxylic acids is 3. The van der Waals surface area contributed by atoms with Crippen molar-refractivity contribution in [1.29, 1.82) is 0 Å². The average molecular weight is 508 g/mol. The number of anilines is 2. The molecule has 0 atom stereocenters. The van der Waals surface area contributed by atoms with E-state index in [0.717, 1.165) is 4.90 Å². The molecule has 0 aliphatic carbocycles. The molecule has 35 heavy (non-hydrogen) atoms. The van der Waals surface area contributed by atoms with Gasteiger partial charge in [-0.05, 0) is 66.2 Å². The van der Waals surface area contributed by atoms with Crippen molar-refractivity contribution in [3.05, 3.63) is 88.4 Å². The summed E-state index contributed by atoms with van der Waals surface area (Å²) in [6.45, 7) is 3.98. The maximum atomic E-state index is 12.7. The van der Waals surface area contributed by atoms with E-state index in [9.17, 15) is 14.4 Å². The van der Waals surface area contributed by atoms with E-state index in [0.29, 0.717) is 34.2 Å². The highest BCUT2D eigenvalue weighted by Gasteiger charge is 2.36. The third kappa shape index (κ3) is 5.34. The summed E-state index contributed by atoms with van der Waals surface area (Å²) >= 11 is 11.6. The SMILES string of the molecule is CC(C)c1ccc(OCC(=O)NC(=S)Nc2ccc(N3C(=O)c4ccccc4C3=O)cc2Cl)cc1. The second kappa shape index (κ2) is 10.2. The van der Waals surface area contributed by atoms with E-state index in [1.807, 2.05) is 24.3 Å². The quantitative estimate of drug-likeness (QED) is 0.354. The summed E-state index contributed by atoms with van der Waals surface area (Å²) in [4.78, 5) is 38.6. The summed E-state index contributed by atoms with van der Waals surface area (Å²) in [5.74, 6) is -0.276. The van der Waals surface area contributed by atoms with Crippen LogP contribution in [0.15, 0.2) is 66.7 Å². The molecule has 0 aromatic heterocycles. The topological polar surface area (TPSA) is 87.7 Å². The minimum atomic E-state index is -0.436. The molecule has 0 fully saturated rings. The van der Waals surface area contributed by atoms with Gasteiger partial charge in [0.15, 0.2) is 11.7 Å². The van der Waals surface area contributed by atoms with Crippen molar-refractivity contribution < 1.29 is 19.1 Å². The zero-order valence-electron chi connectivity index (χ0n) is 19.0. The Morgan fingerprint density at radius 2 is 1.63 bits per heavy atom. The molecule has 0 saturated heterocycles. The summed E-state index contributed by atoms with van der Waals surface area (Å²) in [5.41, 5.74) is 2.61. The molecule has 1 aliphatic heterocycles. The molecule has 0 bridgehead atoms. The number of nitrogens with one attached hydrogen (secondary N) is 2. The van der Waals surface area contributed by atoms with Crippen LogP contribution in [0.3, 0.4) is 0 Å². The molecule has 7 nitrogen and oxygen atoms in total. The van der Waals surface area contributed by atoms with E-state index in [4.69, 9.17) is 28.6 Å².